The van der Waals surface area contributed by atoms with Gasteiger partial charge in [0.25, 0.3) is 5.91 Å². The molecular weight excluding hydrogens is 1060 g/mol. The van der Waals surface area contributed by atoms with Crippen LogP contribution in [0.25, 0.3) is 17.0 Å². The number of aromatic nitrogens is 2. The molecule has 1 aromatic carbocycles. The highest BCUT2D eigenvalue weighted by atomic mass is 79.9. The van der Waals surface area contributed by atoms with Gasteiger partial charge in [-0.05, 0) is 108 Å². The van der Waals surface area contributed by atoms with E-state index in [1.54, 1.807) is 33.8 Å². The van der Waals surface area contributed by atoms with Crippen LogP contribution in [0.1, 0.15) is 143 Å². The molecule has 0 spiro atoms. The van der Waals surface area contributed by atoms with Crippen LogP contribution >= 0.6 is 15.9 Å². The number of carbonyl (C=O) groups excluding carboxylic acids is 9. The van der Waals surface area contributed by atoms with Gasteiger partial charge in [-0.15, -0.1) is 0 Å². The second-order valence-electron chi connectivity index (χ2n) is 20.6. The third-order valence-electron chi connectivity index (χ3n) is 14.3. The minimum atomic E-state index is -1.37. The second kappa shape index (κ2) is 28.7. The fraction of sp³-hybridized carbons (Fsp3) is 0.593. The van der Waals surface area contributed by atoms with Crippen LogP contribution in [0.4, 0.5) is 0 Å². The van der Waals surface area contributed by atoms with Crippen LogP contribution in [0.15, 0.2) is 39.6 Å². The average Bonchev–Trinajstić information content (AvgIpc) is 4.16. The van der Waals surface area contributed by atoms with Gasteiger partial charge in [0.2, 0.25) is 53.0 Å². The maximum atomic E-state index is 14.9. The molecule has 4 heterocycles. The Morgan fingerprint density at radius 3 is 2.26 bits per heavy atom. The van der Waals surface area contributed by atoms with Gasteiger partial charge in [-0.1, -0.05) is 74.7 Å². The Kier molecular flexibility index (Phi) is 22.8. The zero-order valence-electron chi connectivity index (χ0n) is 45.3. The number of oxazole rings is 1. The van der Waals surface area contributed by atoms with E-state index in [2.05, 4.69) is 63.1 Å². The Morgan fingerprint density at radius 1 is 0.857 bits per heavy atom. The molecular formula is C54H77BrN10O12. The normalized spacial score (nSPS) is 22.8. The smallest absolute Gasteiger partial charge is 0.290 e. The molecule has 8 amide bonds. The van der Waals surface area contributed by atoms with E-state index in [-0.39, 0.29) is 87.2 Å². The number of amides is 8. The number of benzene rings is 1. The molecule has 2 aliphatic rings. The maximum absolute atomic E-state index is 14.9. The van der Waals surface area contributed by atoms with E-state index in [0.29, 0.717) is 46.8 Å². The summed E-state index contributed by atoms with van der Waals surface area (Å²) >= 11 is 3.52. The Labute approximate surface area is 457 Å². The third kappa shape index (κ3) is 16.4. The fourth-order valence-electron chi connectivity index (χ4n) is 9.35. The van der Waals surface area contributed by atoms with Crippen LogP contribution in [-0.4, -0.2) is 134 Å². The molecule has 5 rings (SSSR count). The summed E-state index contributed by atoms with van der Waals surface area (Å²) in [5, 5.41) is 40.9. The molecule has 0 saturated carbocycles. The number of aliphatic hydroxyl groups excluding tert-OH is 1. The topological polar surface area (TPSA) is 323 Å². The minimum Gasteiger partial charge on any atom is -0.508 e. The number of nitrogens with one attached hydrogen (secondary N) is 8. The molecule has 2 unspecified atom stereocenters. The van der Waals surface area contributed by atoms with Gasteiger partial charge in [0.05, 0.1) is 10.6 Å². The van der Waals surface area contributed by atoms with Gasteiger partial charge in [0, 0.05) is 36.5 Å². The van der Waals surface area contributed by atoms with E-state index < -0.39 is 107 Å². The Balaban J connectivity index is 1.49. The van der Waals surface area contributed by atoms with Crippen molar-refractivity contribution in [2.45, 2.75) is 174 Å². The standard InChI is InChI=1S/C54H77BrN10O12/c1-9-15-37(61-50(73)43(29(7)10-2)64-51(74)44(68)30(8)11-3)48(71)62-38-16-13-22-56-47(70)40(26-34-33-25-32(66)19-20-36(33)59-46(34)55)58-42(67)21-18-31-27-77-53(57-31)35(12-4)60-52(75)45(69)39(24-28(5)6)63-49(72)41-17-14-23-65(41)54(38)76/h18-21,25,27-30,35,37-41,43-44,59,66,68H,9-17,22-24,26H2,1-8H3,(H,56,70)(H,58,67)(H,60,75)(H,61,73)(H,62,71)(H,63,72)(H,64,74)/b21-18+/t29?,30-,35-,37-,38-,39-,40?,41-,43-,44-/m0/s1. The largest absolute Gasteiger partial charge is 0.508 e. The van der Waals surface area contributed by atoms with Crippen molar-refractivity contribution in [3.05, 3.63) is 52.3 Å². The molecule has 422 valence electrons. The lowest BCUT2D eigenvalue weighted by atomic mass is 9.95. The number of H-pyrrole nitrogens is 1. The molecule has 0 aliphatic carbocycles. The van der Waals surface area contributed by atoms with Crippen molar-refractivity contribution in [2.75, 3.05) is 13.1 Å². The van der Waals surface area contributed by atoms with Crippen molar-refractivity contribution in [2.24, 2.45) is 17.8 Å². The summed E-state index contributed by atoms with van der Waals surface area (Å²) in [6.07, 6.45) is 4.77. The van der Waals surface area contributed by atoms with Gasteiger partial charge < -0.3 is 61.7 Å². The highest BCUT2D eigenvalue weighted by Crippen LogP contribution is 2.31. The Morgan fingerprint density at radius 2 is 1.58 bits per heavy atom. The van der Waals surface area contributed by atoms with Gasteiger partial charge in [-0.25, -0.2) is 4.98 Å². The summed E-state index contributed by atoms with van der Waals surface area (Å²) in [7, 11) is 0. The number of phenols is 1. The number of fused-ring (bicyclic) bond motifs is 4. The number of hydrogen-bond donors (Lipinski definition) is 10. The van der Waals surface area contributed by atoms with Crippen LogP contribution in [0.2, 0.25) is 0 Å². The lowest BCUT2D eigenvalue weighted by molar-refractivity contribution is -0.144. The van der Waals surface area contributed by atoms with E-state index in [0.717, 1.165) is 6.08 Å². The Hall–Kier alpha value is -6.62. The molecule has 1 fully saturated rings. The van der Waals surface area contributed by atoms with Gasteiger partial charge in [-0.3, -0.25) is 43.2 Å². The van der Waals surface area contributed by atoms with E-state index in [1.165, 1.54) is 29.4 Å². The van der Waals surface area contributed by atoms with Gasteiger partial charge in [0.1, 0.15) is 60.1 Å². The SMILES string of the molecule is CCC[C@H](NC(=O)[C@@H](NC(=O)[C@@H](O)[C@@H](C)CC)C(C)CC)C(=O)N[C@H]1CCCNC(=O)C(Cc2c(Br)[nH]c3ccc(O)cc23)NC(=O)/C=C/c2coc(n2)[C@H](CC)NC(=O)C(=O)[C@H](CC(C)C)NC(=O)[C@@H]2CCCN2C1=O. The van der Waals surface area contributed by atoms with Gasteiger partial charge in [-0.2, -0.15) is 0 Å². The predicted molar refractivity (Wildman–Crippen MR) is 289 cm³/mol. The molecule has 0 radical (unpaired) electrons. The molecule has 10 N–H and O–H groups in total. The summed E-state index contributed by atoms with van der Waals surface area (Å²) in [6.45, 7) is 14.4. The quantitative estimate of drug-likeness (QED) is 0.0865. The predicted octanol–water partition coefficient (Wildman–Crippen LogP) is 3.64. The first kappa shape index (κ1) is 61.2. The zero-order valence-corrected chi connectivity index (χ0v) is 46.8. The van der Waals surface area contributed by atoms with Crippen molar-refractivity contribution in [1.82, 2.24) is 52.1 Å². The van der Waals surface area contributed by atoms with Gasteiger partial charge in [0.15, 0.2) is 0 Å². The van der Waals surface area contributed by atoms with Crippen LogP contribution in [-0.2, 0) is 49.6 Å². The number of Topliss-reactive ketones (excluding diaryl/α,β-unsaturated/α-hetero) is 1. The number of rotatable bonds is 17. The van der Waals surface area contributed by atoms with E-state index in [1.807, 2.05) is 27.7 Å². The lowest BCUT2D eigenvalue weighted by Crippen LogP contribution is -2.60. The Bertz CT molecular complexity index is 2630. The van der Waals surface area contributed by atoms with Crippen molar-refractivity contribution in [1.29, 1.82) is 0 Å². The van der Waals surface area contributed by atoms with E-state index >= 15 is 0 Å². The first-order chi connectivity index (χ1) is 36.6. The van der Waals surface area contributed by atoms with Crippen molar-refractivity contribution >= 4 is 85.9 Å². The van der Waals surface area contributed by atoms with Crippen LogP contribution in [0, 0.1) is 17.8 Å². The van der Waals surface area contributed by atoms with E-state index in [9.17, 15) is 53.4 Å². The first-order valence-corrected chi connectivity index (χ1v) is 27.7. The number of hydrogen-bond acceptors (Lipinski definition) is 13. The number of aliphatic hydroxyl groups is 1. The molecule has 2 aliphatic heterocycles. The van der Waals surface area contributed by atoms with Crippen molar-refractivity contribution < 1.29 is 57.8 Å². The van der Waals surface area contributed by atoms with Crippen molar-refractivity contribution in [3.8, 4) is 5.75 Å². The minimum absolute atomic E-state index is 0.0216. The highest BCUT2D eigenvalue weighted by molar-refractivity contribution is 9.10. The monoisotopic (exact) mass is 1140 g/mol. The molecule has 77 heavy (non-hydrogen) atoms. The summed E-state index contributed by atoms with van der Waals surface area (Å²) in [6, 6.07) is -3.41. The van der Waals surface area contributed by atoms with Gasteiger partial charge >= 0.3 is 0 Å². The summed E-state index contributed by atoms with van der Waals surface area (Å²) < 4.78 is 6.17. The summed E-state index contributed by atoms with van der Waals surface area (Å²) in [5.74, 6) is -7.59. The first-order valence-electron chi connectivity index (χ1n) is 26.9. The number of phenolic OH excluding ortho intramolecular Hbond substituents is 1. The van der Waals surface area contributed by atoms with Crippen LogP contribution in [0.5, 0.6) is 5.75 Å². The lowest BCUT2D eigenvalue weighted by Gasteiger charge is -2.31. The maximum Gasteiger partial charge on any atom is 0.290 e. The summed E-state index contributed by atoms with van der Waals surface area (Å²) in [4.78, 5) is 135. The van der Waals surface area contributed by atoms with Crippen molar-refractivity contribution in [3.63, 3.8) is 0 Å². The fourth-order valence-corrected chi connectivity index (χ4v) is 9.94. The highest BCUT2D eigenvalue weighted by Gasteiger charge is 2.41. The average molecular weight is 1140 g/mol. The molecule has 2 bridgehead atoms. The molecule has 23 heteroatoms. The molecule has 22 nitrogen and oxygen atoms in total. The number of carbonyl (C=O) groups is 9. The molecule has 10 atom stereocenters. The van der Waals surface area contributed by atoms with E-state index in [4.69, 9.17) is 4.42 Å². The number of aromatic hydroxyl groups is 1. The molecule has 1 saturated heterocycles. The number of aromatic amines is 1. The number of ketones is 1. The van der Waals surface area contributed by atoms with Crippen LogP contribution < -0.4 is 37.2 Å². The number of nitrogens with zero attached hydrogens (tertiary/aromatic N) is 2. The summed E-state index contributed by atoms with van der Waals surface area (Å²) in [5.41, 5.74) is 1.42. The number of halogens is 1. The molecule has 3 aromatic rings. The second-order valence-corrected chi connectivity index (χ2v) is 21.4. The zero-order chi connectivity index (χ0) is 56.7. The molecule has 2 aromatic heterocycles. The van der Waals surface area contributed by atoms with Crippen LogP contribution in [0.3, 0.4) is 0 Å². The third-order valence-corrected chi connectivity index (χ3v) is 15.0.